The highest BCUT2D eigenvalue weighted by Gasteiger charge is 2.17. The van der Waals surface area contributed by atoms with E-state index in [1.54, 1.807) is 19.1 Å². The van der Waals surface area contributed by atoms with Crippen LogP contribution in [0.15, 0.2) is 51.7 Å². The van der Waals surface area contributed by atoms with Gasteiger partial charge < -0.3 is 9.73 Å². The lowest BCUT2D eigenvalue weighted by Crippen LogP contribution is -2.15. The quantitative estimate of drug-likeness (QED) is 0.724. The first-order chi connectivity index (χ1) is 11.5. The zero-order valence-electron chi connectivity index (χ0n) is 13.4. The molecule has 4 nitrogen and oxygen atoms in total. The van der Waals surface area contributed by atoms with Gasteiger partial charge in [-0.15, -0.1) is 11.6 Å². The number of aryl methyl sites for hydroxylation is 1. The summed E-state index contributed by atoms with van der Waals surface area (Å²) in [6.07, 6.45) is 0. The number of halogens is 1. The number of carbonyl (C=O) groups is 1. The van der Waals surface area contributed by atoms with Crippen molar-refractivity contribution in [3.8, 4) is 11.3 Å². The van der Waals surface area contributed by atoms with E-state index in [2.05, 4.69) is 5.32 Å². The van der Waals surface area contributed by atoms with Crippen LogP contribution in [-0.4, -0.2) is 11.8 Å². The minimum Gasteiger partial charge on any atom is -0.453 e. The molecule has 0 atom stereocenters. The molecule has 1 aromatic heterocycles. The number of hydrogen-bond donors (Lipinski definition) is 1. The predicted molar refractivity (Wildman–Crippen MR) is 96.7 cm³/mol. The first kappa shape index (κ1) is 16.3. The first-order valence-electron chi connectivity index (χ1n) is 7.51. The zero-order valence-corrected chi connectivity index (χ0v) is 14.1. The summed E-state index contributed by atoms with van der Waals surface area (Å²) >= 11 is 5.58. The van der Waals surface area contributed by atoms with Crippen molar-refractivity contribution in [3.63, 3.8) is 0 Å². The fourth-order valence-electron chi connectivity index (χ4n) is 2.64. The van der Waals surface area contributed by atoms with Crippen LogP contribution < -0.4 is 10.7 Å². The molecule has 0 radical (unpaired) electrons. The van der Waals surface area contributed by atoms with Gasteiger partial charge in [0.1, 0.15) is 11.6 Å². The molecule has 0 saturated carbocycles. The van der Waals surface area contributed by atoms with Crippen molar-refractivity contribution < 1.29 is 9.21 Å². The standard InChI is InChI=1S/C19H16ClNO3/c1-11-8-9-14-17(23)12(2)18(13-6-4-3-5-7-13)24-19(14)16(11)21-15(22)10-20/h3-9H,10H2,1-2H3,(H,21,22). The van der Waals surface area contributed by atoms with E-state index in [9.17, 15) is 9.59 Å². The van der Waals surface area contributed by atoms with E-state index in [0.29, 0.717) is 28.0 Å². The van der Waals surface area contributed by atoms with Crippen LogP contribution in [0.1, 0.15) is 11.1 Å². The number of hydrogen-bond acceptors (Lipinski definition) is 3. The molecule has 0 aliphatic rings. The number of alkyl halides is 1. The number of nitrogens with one attached hydrogen (secondary N) is 1. The Hall–Kier alpha value is -2.59. The highest BCUT2D eigenvalue weighted by molar-refractivity contribution is 6.29. The molecule has 0 fully saturated rings. The molecule has 1 heterocycles. The van der Waals surface area contributed by atoms with Gasteiger partial charge in [0.25, 0.3) is 0 Å². The molecule has 2 aromatic carbocycles. The van der Waals surface area contributed by atoms with Gasteiger partial charge >= 0.3 is 0 Å². The molecule has 0 aliphatic carbocycles. The maximum Gasteiger partial charge on any atom is 0.239 e. The van der Waals surface area contributed by atoms with Crippen molar-refractivity contribution in [1.29, 1.82) is 0 Å². The van der Waals surface area contributed by atoms with Gasteiger partial charge in [0.15, 0.2) is 11.0 Å². The largest absolute Gasteiger partial charge is 0.453 e. The van der Waals surface area contributed by atoms with Gasteiger partial charge in [-0.05, 0) is 25.5 Å². The van der Waals surface area contributed by atoms with Crippen LogP contribution in [0.2, 0.25) is 0 Å². The summed E-state index contributed by atoms with van der Waals surface area (Å²) in [6, 6.07) is 12.9. The molecule has 0 spiro atoms. The lowest BCUT2D eigenvalue weighted by atomic mass is 10.0. The Kier molecular flexibility index (Phi) is 4.40. The second-order valence-corrected chi connectivity index (χ2v) is 5.83. The van der Waals surface area contributed by atoms with Crippen molar-refractivity contribution in [2.45, 2.75) is 13.8 Å². The summed E-state index contributed by atoms with van der Waals surface area (Å²) in [4.78, 5) is 24.5. The van der Waals surface area contributed by atoms with Crippen molar-refractivity contribution in [3.05, 3.63) is 63.8 Å². The lowest BCUT2D eigenvalue weighted by molar-refractivity contribution is -0.113. The van der Waals surface area contributed by atoms with E-state index in [1.807, 2.05) is 37.3 Å². The van der Waals surface area contributed by atoms with Gasteiger partial charge in [-0.1, -0.05) is 36.4 Å². The monoisotopic (exact) mass is 341 g/mol. The van der Waals surface area contributed by atoms with Crippen LogP contribution in [0.5, 0.6) is 0 Å². The molecular formula is C19H16ClNO3. The second-order valence-electron chi connectivity index (χ2n) is 5.57. The zero-order chi connectivity index (χ0) is 17.3. The minimum atomic E-state index is -0.350. The first-order valence-corrected chi connectivity index (χ1v) is 8.04. The third-order valence-corrected chi connectivity index (χ3v) is 4.16. The van der Waals surface area contributed by atoms with Gasteiger partial charge in [-0.25, -0.2) is 0 Å². The molecule has 3 aromatic rings. The Morgan fingerprint density at radius 3 is 2.50 bits per heavy atom. The smallest absolute Gasteiger partial charge is 0.239 e. The lowest BCUT2D eigenvalue weighted by Gasteiger charge is -2.13. The summed E-state index contributed by atoms with van der Waals surface area (Å²) < 4.78 is 6.06. The highest BCUT2D eigenvalue weighted by atomic mass is 35.5. The molecule has 0 saturated heterocycles. The van der Waals surface area contributed by atoms with Gasteiger partial charge in [0.05, 0.1) is 11.1 Å². The molecule has 24 heavy (non-hydrogen) atoms. The van der Waals surface area contributed by atoms with E-state index in [4.69, 9.17) is 16.0 Å². The maximum atomic E-state index is 12.7. The normalized spacial score (nSPS) is 10.8. The number of carbonyl (C=O) groups excluding carboxylic acids is 1. The van der Waals surface area contributed by atoms with Gasteiger partial charge in [0.2, 0.25) is 5.91 Å². The SMILES string of the molecule is Cc1ccc2c(=O)c(C)c(-c3ccccc3)oc2c1NC(=O)CCl. The average Bonchev–Trinajstić information content (AvgIpc) is 2.60. The Morgan fingerprint density at radius 2 is 1.83 bits per heavy atom. The Bertz CT molecular complexity index is 977. The fraction of sp³-hybridized carbons (Fsp3) is 0.158. The number of anilines is 1. The molecule has 0 unspecified atom stereocenters. The van der Waals surface area contributed by atoms with E-state index < -0.39 is 0 Å². The number of rotatable bonds is 3. The topological polar surface area (TPSA) is 59.3 Å². The summed E-state index contributed by atoms with van der Waals surface area (Å²) in [6.45, 7) is 3.58. The highest BCUT2D eigenvalue weighted by Crippen LogP contribution is 2.31. The molecular weight excluding hydrogens is 326 g/mol. The average molecular weight is 342 g/mol. The van der Waals surface area contributed by atoms with E-state index in [0.717, 1.165) is 11.1 Å². The van der Waals surface area contributed by atoms with Gasteiger partial charge in [-0.3, -0.25) is 9.59 Å². The van der Waals surface area contributed by atoms with E-state index >= 15 is 0 Å². The Labute approximate surface area is 144 Å². The third kappa shape index (κ3) is 2.81. The summed E-state index contributed by atoms with van der Waals surface area (Å²) in [7, 11) is 0. The van der Waals surface area contributed by atoms with Crippen molar-refractivity contribution >= 4 is 34.2 Å². The van der Waals surface area contributed by atoms with Crippen LogP contribution >= 0.6 is 11.6 Å². The van der Waals surface area contributed by atoms with Gasteiger partial charge in [0, 0.05) is 11.1 Å². The molecule has 3 rings (SSSR count). The Morgan fingerprint density at radius 1 is 1.12 bits per heavy atom. The third-order valence-electron chi connectivity index (χ3n) is 3.92. The van der Waals surface area contributed by atoms with Crippen LogP contribution in [0.25, 0.3) is 22.3 Å². The van der Waals surface area contributed by atoms with Crippen LogP contribution in [0, 0.1) is 13.8 Å². The molecule has 1 N–H and O–H groups in total. The van der Waals surface area contributed by atoms with Crippen LogP contribution in [-0.2, 0) is 4.79 Å². The second kappa shape index (κ2) is 6.49. The molecule has 1 amide bonds. The molecule has 0 bridgehead atoms. The summed E-state index contributed by atoms with van der Waals surface area (Å²) in [5.74, 6) is -0.0193. The van der Waals surface area contributed by atoms with Gasteiger partial charge in [-0.2, -0.15) is 0 Å². The molecule has 0 aliphatic heterocycles. The number of benzene rings is 2. The minimum absolute atomic E-state index is 0.114. The molecule has 122 valence electrons. The fourth-order valence-corrected chi connectivity index (χ4v) is 2.71. The van der Waals surface area contributed by atoms with Crippen molar-refractivity contribution in [2.75, 3.05) is 11.2 Å². The Balaban J connectivity index is 2.34. The van der Waals surface area contributed by atoms with E-state index in [1.165, 1.54) is 0 Å². The molecule has 5 heteroatoms. The van der Waals surface area contributed by atoms with Crippen LogP contribution in [0.4, 0.5) is 5.69 Å². The van der Waals surface area contributed by atoms with Crippen LogP contribution in [0.3, 0.4) is 0 Å². The number of fused-ring (bicyclic) bond motifs is 1. The number of amides is 1. The van der Waals surface area contributed by atoms with Crippen molar-refractivity contribution in [2.24, 2.45) is 0 Å². The van der Waals surface area contributed by atoms with E-state index in [-0.39, 0.29) is 17.2 Å². The predicted octanol–water partition coefficient (Wildman–Crippen LogP) is 4.25. The van der Waals surface area contributed by atoms with Crippen molar-refractivity contribution in [1.82, 2.24) is 0 Å². The summed E-state index contributed by atoms with van der Waals surface area (Å²) in [5.41, 5.74) is 2.87. The summed E-state index contributed by atoms with van der Waals surface area (Å²) in [5, 5.41) is 3.16. The maximum absolute atomic E-state index is 12.7.